The van der Waals surface area contributed by atoms with E-state index < -0.39 is 49.5 Å². The average Bonchev–Trinajstić information content (AvgIpc) is 3.28. The molecule has 372 valence electrons. The van der Waals surface area contributed by atoms with Crippen molar-refractivity contribution in [3.63, 3.8) is 0 Å². The van der Waals surface area contributed by atoms with Crippen LogP contribution in [0, 0.1) is 0 Å². The summed E-state index contributed by atoms with van der Waals surface area (Å²) in [4.78, 5) is 12.9. The van der Waals surface area contributed by atoms with Gasteiger partial charge in [0.25, 0.3) is 0 Å². The van der Waals surface area contributed by atoms with E-state index in [1.165, 1.54) is 199 Å². The van der Waals surface area contributed by atoms with Crippen LogP contribution in [-0.4, -0.2) is 87.5 Å². The van der Waals surface area contributed by atoms with Gasteiger partial charge < -0.3 is 40.3 Å². The number of amides is 1. The van der Waals surface area contributed by atoms with Crippen LogP contribution in [0.5, 0.6) is 0 Å². The summed E-state index contributed by atoms with van der Waals surface area (Å²) in [6, 6.07) is -0.817. The van der Waals surface area contributed by atoms with Crippen molar-refractivity contribution >= 4 is 5.91 Å². The number of hydrogen-bond donors (Lipinski definition) is 6. The molecule has 7 atom stereocenters. The van der Waals surface area contributed by atoms with Crippen molar-refractivity contribution in [2.45, 2.75) is 301 Å². The maximum Gasteiger partial charge on any atom is 0.220 e. The molecule has 63 heavy (non-hydrogen) atoms. The summed E-state index contributed by atoms with van der Waals surface area (Å²) in [5.74, 6) is -0.186. The maximum absolute atomic E-state index is 12.9. The van der Waals surface area contributed by atoms with E-state index in [2.05, 4.69) is 31.3 Å². The predicted molar refractivity (Wildman–Crippen MR) is 263 cm³/mol. The van der Waals surface area contributed by atoms with E-state index in [1.807, 2.05) is 6.08 Å². The largest absolute Gasteiger partial charge is 0.394 e. The lowest BCUT2D eigenvalue weighted by atomic mass is 9.99. The van der Waals surface area contributed by atoms with E-state index in [4.69, 9.17) is 9.47 Å². The van der Waals surface area contributed by atoms with Crippen LogP contribution in [0.3, 0.4) is 0 Å². The zero-order valence-corrected chi connectivity index (χ0v) is 41.1. The lowest BCUT2D eigenvalue weighted by Crippen LogP contribution is -2.60. The van der Waals surface area contributed by atoms with Crippen molar-refractivity contribution in [1.82, 2.24) is 5.32 Å². The number of aliphatic hydroxyl groups excluding tert-OH is 5. The van der Waals surface area contributed by atoms with Gasteiger partial charge in [0.05, 0.1) is 25.4 Å². The number of allylic oxidation sites excluding steroid dienone is 3. The molecule has 0 aromatic carbocycles. The Hall–Kier alpha value is -1.33. The third-order valence-electron chi connectivity index (χ3n) is 13.0. The minimum atomic E-state index is -1.57. The molecule has 1 aliphatic rings. The number of carbonyl (C=O) groups is 1. The van der Waals surface area contributed by atoms with Gasteiger partial charge in [0.1, 0.15) is 24.4 Å². The van der Waals surface area contributed by atoms with E-state index in [0.29, 0.717) is 6.42 Å². The summed E-state index contributed by atoms with van der Waals surface area (Å²) in [6.45, 7) is 3.77. The highest BCUT2D eigenvalue weighted by molar-refractivity contribution is 5.76. The van der Waals surface area contributed by atoms with E-state index in [9.17, 15) is 30.3 Å². The van der Waals surface area contributed by atoms with Gasteiger partial charge in [0.15, 0.2) is 6.29 Å². The van der Waals surface area contributed by atoms with Crippen LogP contribution in [0.4, 0.5) is 0 Å². The second kappa shape index (κ2) is 44.5. The number of rotatable bonds is 46. The number of unbranched alkanes of at least 4 members (excludes halogenated alkanes) is 34. The lowest BCUT2D eigenvalue weighted by Gasteiger charge is -2.40. The van der Waals surface area contributed by atoms with Gasteiger partial charge in [-0.25, -0.2) is 0 Å². The number of carbonyl (C=O) groups excluding carboxylic acids is 1. The zero-order valence-electron chi connectivity index (χ0n) is 41.1. The van der Waals surface area contributed by atoms with Crippen LogP contribution in [0.25, 0.3) is 0 Å². The Balaban J connectivity index is 2.19. The molecule has 9 nitrogen and oxygen atoms in total. The van der Waals surface area contributed by atoms with Crippen molar-refractivity contribution in [2.75, 3.05) is 13.2 Å². The zero-order chi connectivity index (χ0) is 45.9. The normalized spacial score (nSPS) is 20.3. The van der Waals surface area contributed by atoms with Gasteiger partial charge in [0.2, 0.25) is 5.91 Å². The van der Waals surface area contributed by atoms with Gasteiger partial charge in [-0.05, 0) is 32.1 Å². The highest BCUT2D eigenvalue weighted by Crippen LogP contribution is 2.23. The Kier molecular flexibility index (Phi) is 42.2. The molecule has 0 saturated carbocycles. The number of aliphatic hydroxyl groups is 5. The molecular formula is C54H103NO8. The van der Waals surface area contributed by atoms with Crippen molar-refractivity contribution in [2.24, 2.45) is 0 Å². The third kappa shape index (κ3) is 34.6. The molecule has 0 bridgehead atoms. The predicted octanol–water partition coefficient (Wildman–Crippen LogP) is 12.6. The molecule has 7 unspecified atom stereocenters. The molecule has 1 heterocycles. The van der Waals surface area contributed by atoms with Gasteiger partial charge in [-0.1, -0.05) is 244 Å². The second-order valence-corrected chi connectivity index (χ2v) is 19.0. The van der Waals surface area contributed by atoms with E-state index in [-0.39, 0.29) is 12.5 Å². The molecule has 0 spiro atoms. The fourth-order valence-corrected chi connectivity index (χ4v) is 8.70. The van der Waals surface area contributed by atoms with Crippen LogP contribution < -0.4 is 5.32 Å². The Morgan fingerprint density at radius 1 is 0.524 bits per heavy atom. The average molecular weight is 894 g/mol. The fraction of sp³-hybridized carbons (Fsp3) is 0.907. The summed E-state index contributed by atoms with van der Waals surface area (Å²) >= 11 is 0. The molecular weight excluding hydrogens is 791 g/mol. The standard InChI is InChI=1S/C54H103NO8/c1-3-5-7-9-11-13-15-16-17-18-19-20-21-22-23-24-25-26-27-28-29-30-31-32-34-35-37-39-41-43-48(57)47(46-62-54-53(61)52(60)51(59)49(45-56)63-54)55-50(58)44-42-40-38-36-33-14-12-10-8-6-4-2/h34-35,41,43,47-49,51-54,56-57,59-61H,3-33,36-40,42,44-46H2,1-2H3,(H,55,58)/b35-34+,43-41+. The summed E-state index contributed by atoms with van der Waals surface area (Å²) in [6.07, 6.45) is 48.3. The Morgan fingerprint density at radius 3 is 1.33 bits per heavy atom. The molecule has 9 heteroatoms. The first-order chi connectivity index (χ1) is 30.8. The van der Waals surface area contributed by atoms with E-state index in [0.717, 1.165) is 38.5 Å². The first kappa shape index (κ1) is 59.7. The summed E-state index contributed by atoms with van der Waals surface area (Å²) < 4.78 is 11.2. The number of ether oxygens (including phenoxy) is 2. The Labute approximate surface area is 388 Å². The number of nitrogens with one attached hydrogen (secondary N) is 1. The highest BCUT2D eigenvalue weighted by Gasteiger charge is 2.44. The molecule has 0 radical (unpaired) electrons. The van der Waals surface area contributed by atoms with Crippen LogP contribution in [-0.2, 0) is 14.3 Å². The quantitative estimate of drug-likeness (QED) is 0.0261. The first-order valence-electron chi connectivity index (χ1n) is 27.1. The number of hydrogen-bond acceptors (Lipinski definition) is 8. The van der Waals surface area contributed by atoms with E-state index >= 15 is 0 Å². The van der Waals surface area contributed by atoms with Gasteiger partial charge >= 0.3 is 0 Å². The van der Waals surface area contributed by atoms with Crippen molar-refractivity contribution in [1.29, 1.82) is 0 Å². The minimum absolute atomic E-state index is 0.186. The molecule has 0 aliphatic carbocycles. The van der Waals surface area contributed by atoms with Crippen LogP contribution in [0.15, 0.2) is 24.3 Å². The molecule has 1 fully saturated rings. The van der Waals surface area contributed by atoms with Gasteiger partial charge in [-0.3, -0.25) is 4.79 Å². The molecule has 6 N–H and O–H groups in total. The topological polar surface area (TPSA) is 149 Å². The molecule has 1 saturated heterocycles. The SMILES string of the molecule is CCCCCCCCCCCCCCCCCCCCCCCCC/C=C/CC/C=C/C(O)C(COC1OC(CO)C(O)C(O)C1O)NC(=O)CCCCCCCCCCCCC. The summed E-state index contributed by atoms with van der Waals surface area (Å²) in [7, 11) is 0. The van der Waals surface area contributed by atoms with Crippen LogP contribution in [0.1, 0.15) is 258 Å². The third-order valence-corrected chi connectivity index (χ3v) is 13.0. The first-order valence-corrected chi connectivity index (χ1v) is 27.1. The smallest absolute Gasteiger partial charge is 0.220 e. The monoisotopic (exact) mass is 894 g/mol. The van der Waals surface area contributed by atoms with Gasteiger partial charge in [-0.15, -0.1) is 0 Å². The fourth-order valence-electron chi connectivity index (χ4n) is 8.70. The van der Waals surface area contributed by atoms with Gasteiger partial charge in [-0.2, -0.15) is 0 Å². The minimum Gasteiger partial charge on any atom is -0.394 e. The Morgan fingerprint density at radius 2 is 0.905 bits per heavy atom. The molecule has 1 aliphatic heterocycles. The molecule has 1 amide bonds. The second-order valence-electron chi connectivity index (χ2n) is 19.0. The van der Waals surface area contributed by atoms with Crippen LogP contribution in [0.2, 0.25) is 0 Å². The van der Waals surface area contributed by atoms with Crippen molar-refractivity contribution < 1.29 is 39.8 Å². The molecule has 0 aromatic rings. The highest BCUT2D eigenvalue weighted by atomic mass is 16.7. The van der Waals surface area contributed by atoms with Crippen LogP contribution >= 0.6 is 0 Å². The summed E-state index contributed by atoms with van der Waals surface area (Å²) in [5, 5.41) is 54.3. The maximum atomic E-state index is 12.9. The van der Waals surface area contributed by atoms with Gasteiger partial charge in [0, 0.05) is 6.42 Å². The van der Waals surface area contributed by atoms with Crippen molar-refractivity contribution in [3.8, 4) is 0 Å². The molecule has 1 rings (SSSR count). The Bertz CT molecular complexity index is 1040. The summed E-state index contributed by atoms with van der Waals surface area (Å²) in [5.41, 5.74) is 0. The lowest BCUT2D eigenvalue weighted by molar-refractivity contribution is -0.302. The van der Waals surface area contributed by atoms with Crippen molar-refractivity contribution in [3.05, 3.63) is 24.3 Å². The van der Waals surface area contributed by atoms with E-state index in [1.54, 1.807) is 6.08 Å². The molecule has 0 aromatic heterocycles.